The predicted molar refractivity (Wildman–Crippen MR) is 149 cm³/mol. The van der Waals surface area contributed by atoms with Crippen molar-refractivity contribution in [3.8, 4) is 5.75 Å². The molecule has 3 aromatic rings. The van der Waals surface area contributed by atoms with Crippen molar-refractivity contribution in [1.29, 1.82) is 0 Å². The van der Waals surface area contributed by atoms with Gasteiger partial charge in [-0.05, 0) is 60.9 Å². The Bertz CT molecular complexity index is 1360. The van der Waals surface area contributed by atoms with E-state index in [9.17, 15) is 18.0 Å². The molecule has 10 heteroatoms. The maximum atomic E-state index is 13.9. The summed E-state index contributed by atoms with van der Waals surface area (Å²) in [6, 6.07) is 19.0. The van der Waals surface area contributed by atoms with Crippen molar-refractivity contribution >= 4 is 39.1 Å². The number of amides is 2. The first kappa shape index (κ1) is 29.0. The van der Waals surface area contributed by atoms with Gasteiger partial charge in [0.05, 0.1) is 17.7 Å². The predicted octanol–water partition coefficient (Wildman–Crippen LogP) is 4.41. The van der Waals surface area contributed by atoms with Gasteiger partial charge in [-0.3, -0.25) is 13.9 Å². The number of halogens is 1. The molecule has 0 unspecified atom stereocenters. The van der Waals surface area contributed by atoms with E-state index in [1.807, 2.05) is 0 Å². The lowest BCUT2D eigenvalue weighted by atomic mass is 10.1. The van der Waals surface area contributed by atoms with Gasteiger partial charge >= 0.3 is 0 Å². The molecule has 0 bridgehead atoms. The van der Waals surface area contributed by atoms with Crippen LogP contribution in [0.3, 0.4) is 0 Å². The van der Waals surface area contributed by atoms with Gasteiger partial charge in [0.2, 0.25) is 11.8 Å². The number of nitrogens with one attached hydrogen (secondary N) is 1. The van der Waals surface area contributed by atoms with E-state index >= 15 is 0 Å². The monoisotopic (exact) mass is 557 g/mol. The molecular formula is C28H32ClN3O5S. The second kappa shape index (κ2) is 12.8. The molecule has 202 valence electrons. The highest BCUT2D eigenvalue weighted by Gasteiger charge is 2.33. The molecular weight excluding hydrogens is 526 g/mol. The van der Waals surface area contributed by atoms with Gasteiger partial charge < -0.3 is 15.0 Å². The normalized spacial score (nSPS) is 11.9. The molecule has 0 saturated carbocycles. The zero-order chi connectivity index (χ0) is 27.9. The number of anilines is 1. The zero-order valence-corrected chi connectivity index (χ0v) is 23.4. The van der Waals surface area contributed by atoms with Crippen LogP contribution in [0.4, 0.5) is 5.69 Å². The van der Waals surface area contributed by atoms with Crippen molar-refractivity contribution in [3.63, 3.8) is 0 Å². The Kier molecular flexibility index (Phi) is 9.77. The molecule has 8 nitrogen and oxygen atoms in total. The number of methoxy groups -OCH3 is 1. The number of benzene rings is 3. The molecule has 0 aliphatic carbocycles. The van der Waals surface area contributed by atoms with Crippen LogP contribution in [-0.2, 0) is 26.2 Å². The fourth-order valence-corrected chi connectivity index (χ4v) is 5.60. The number of hydrogen-bond acceptors (Lipinski definition) is 5. The second-order valence-corrected chi connectivity index (χ2v) is 10.9. The Morgan fingerprint density at radius 1 is 1.03 bits per heavy atom. The van der Waals surface area contributed by atoms with E-state index in [1.165, 1.54) is 30.1 Å². The van der Waals surface area contributed by atoms with Crippen molar-refractivity contribution in [1.82, 2.24) is 10.2 Å². The maximum Gasteiger partial charge on any atom is 0.264 e. The molecule has 0 aromatic heterocycles. The second-order valence-electron chi connectivity index (χ2n) is 8.67. The number of ether oxygens (including phenoxy) is 1. The Morgan fingerprint density at radius 2 is 1.68 bits per heavy atom. The number of sulfonamides is 1. The van der Waals surface area contributed by atoms with Crippen LogP contribution in [-0.4, -0.2) is 51.9 Å². The third kappa shape index (κ3) is 6.65. The van der Waals surface area contributed by atoms with Crippen LogP contribution < -0.4 is 14.4 Å². The van der Waals surface area contributed by atoms with Crippen molar-refractivity contribution < 1.29 is 22.7 Å². The molecule has 3 rings (SSSR count). The zero-order valence-electron chi connectivity index (χ0n) is 21.8. The summed E-state index contributed by atoms with van der Waals surface area (Å²) in [6.07, 6.45) is 0.337. The third-order valence-electron chi connectivity index (χ3n) is 6.20. The van der Waals surface area contributed by atoms with E-state index in [4.69, 9.17) is 16.3 Å². The molecule has 0 radical (unpaired) electrons. The van der Waals surface area contributed by atoms with Gasteiger partial charge in [-0.15, -0.1) is 0 Å². The number of carbonyl (C=O) groups is 2. The average Bonchev–Trinajstić information content (AvgIpc) is 2.93. The lowest BCUT2D eigenvalue weighted by molar-refractivity contribution is -0.140. The van der Waals surface area contributed by atoms with Crippen molar-refractivity contribution in [2.75, 3.05) is 25.0 Å². The molecule has 0 heterocycles. The number of aryl methyl sites for hydroxylation is 1. The summed E-state index contributed by atoms with van der Waals surface area (Å²) in [5.41, 5.74) is 1.78. The Hall–Kier alpha value is -3.56. The van der Waals surface area contributed by atoms with Crippen LogP contribution in [0.1, 0.15) is 24.5 Å². The summed E-state index contributed by atoms with van der Waals surface area (Å²) < 4.78 is 33.8. The van der Waals surface area contributed by atoms with Crippen LogP contribution >= 0.6 is 11.6 Å². The average molecular weight is 558 g/mol. The molecule has 0 aliphatic heterocycles. The van der Waals surface area contributed by atoms with Gasteiger partial charge in [-0.2, -0.15) is 0 Å². The van der Waals surface area contributed by atoms with E-state index in [2.05, 4.69) is 5.32 Å². The molecule has 0 fully saturated rings. The summed E-state index contributed by atoms with van der Waals surface area (Å²) in [5.74, 6) is -0.223. The summed E-state index contributed by atoms with van der Waals surface area (Å²) in [7, 11) is -1.08. The third-order valence-corrected chi connectivity index (χ3v) is 8.39. The highest BCUT2D eigenvalue weighted by Crippen LogP contribution is 2.28. The van der Waals surface area contributed by atoms with Crippen molar-refractivity contribution in [2.45, 2.75) is 37.8 Å². The molecule has 38 heavy (non-hydrogen) atoms. The smallest absolute Gasteiger partial charge is 0.264 e. The summed E-state index contributed by atoms with van der Waals surface area (Å²) in [6.45, 7) is 3.18. The largest absolute Gasteiger partial charge is 0.497 e. The number of carbonyl (C=O) groups excluding carboxylic acids is 2. The fourth-order valence-electron chi connectivity index (χ4n) is 4.00. The van der Waals surface area contributed by atoms with E-state index < -0.39 is 28.5 Å². The van der Waals surface area contributed by atoms with Crippen molar-refractivity contribution in [2.24, 2.45) is 0 Å². The Labute approximate surface area is 229 Å². The van der Waals surface area contributed by atoms with Gasteiger partial charge in [-0.25, -0.2) is 8.42 Å². The summed E-state index contributed by atoms with van der Waals surface area (Å²) in [4.78, 5) is 28.1. The fraction of sp³-hybridized carbons (Fsp3) is 0.286. The van der Waals surface area contributed by atoms with E-state index in [-0.39, 0.29) is 23.0 Å². The van der Waals surface area contributed by atoms with Gasteiger partial charge in [0.15, 0.2) is 0 Å². The summed E-state index contributed by atoms with van der Waals surface area (Å²) in [5, 5.41) is 2.98. The molecule has 3 aromatic carbocycles. The molecule has 2 amide bonds. The van der Waals surface area contributed by atoms with Crippen LogP contribution in [0.5, 0.6) is 5.75 Å². The quantitative estimate of drug-likeness (QED) is 0.377. The number of nitrogens with zero attached hydrogens (tertiary/aromatic N) is 2. The SMILES string of the molecule is CC[C@H](C(=O)NC)N(Cc1ccc(OC)cc1)C(=O)CN(c1ccc(C)c(Cl)c1)S(=O)(=O)c1ccccc1. The van der Waals surface area contributed by atoms with Crippen LogP contribution in [0.25, 0.3) is 0 Å². The maximum absolute atomic E-state index is 13.9. The number of rotatable bonds is 11. The van der Waals surface area contributed by atoms with Gasteiger partial charge in [0.25, 0.3) is 10.0 Å². The van der Waals surface area contributed by atoms with Crippen LogP contribution in [0.2, 0.25) is 5.02 Å². The highest BCUT2D eigenvalue weighted by atomic mass is 35.5. The first-order valence-electron chi connectivity index (χ1n) is 12.1. The van der Waals surface area contributed by atoms with Crippen LogP contribution in [0.15, 0.2) is 77.7 Å². The number of hydrogen-bond donors (Lipinski definition) is 1. The van der Waals surface area contributed by atoms with E-state index in [1.54, 1.807) is 75.6 Å². The molecule has 1 N–H and O–H groups in total. The van der Waals surface area contributed by atoms with Crippen LogP contribution in [0, 0.1) is 6.92 Å². The first-order valence-corrected chi connectivity index (χ1v) is 13.9. The molecule has 1 atom stereocenters. The van der Waals surface area contributed by atoms with Gasteiger partial charge in [0, 0.05) is 18.6 Å². The topological polar surface area (TPSA) is 96.0 Å². The highest BCUT2D eigenvalue weighted by molar-refractivity contribution is 7.92. The van der Waals surface area contributed by atoms with Gasteiger partial charge in [-0.1, -0.05) is 54.9 Å². The minimum absolute atomic E-state index is 0.0320. The lowest BCUT2D eigenvalue weighted by Gasteiger charge is -2.33. The molecule has 0 saturated heterocycles. The number of likely N-dealkylation sites (N-methyl/N-ethyl adjacent to an activating group) is 1. The lowest BCUT2D eigenvalue weighted by Crippen LogP contribution is -2.51. The van der Waals surface area contributed by atoms with E-state index in [0.717, 1.165) is 15.4 Å². The Balaban J connectivity index is 2.06. The van der Waals surface area contributed by atoms with E-state index in [0.29, 0.717) is 17.2 Å². The molecule has 0 spiro atoms. The minimum atomic E-state index is -4.14. The standard InChI is InChI=1S/C28H32ClN3O5S/c1-5-26(28(34)30-3)31(18-21-12-15-23(37-4)16-13-21)27(33)19-32(22-14-11-20(2)25(29)17-22)38(35,36)24-9-7-6-8-10-24/h6-17,26H,5,18-19H2,1-4H3,(H,30,34)/t26-/m1/s1. The minimum Gasteiger partial charge on any atom is -0.497 e. The van der Waals surface area contributed by atoms with Crippen molar-refractivity contribution in [3.05, 3.63) is 88.9 Å². The van der Waals surface area contributed by atoms with Gasteiger partial charge in [0.1, 0.15) is 18.3 Å². The first-order chi connectivity index (χ1) is 18.1. The summed E-state index contributed by atoms with van der Waals surface area (Å²) >= 11 is 6.34. The Morgan fingerprint density at radius 3 is 2.24 bits per heavy atom. The molecule has 0 aliphatic rings.